The zero-order chi connectivity index (χ0) is 11.0. The van der Waals surface area contributed by atoms with E-state index in [1.165, 1.54) is 36.8 Å². The second kappa shape index (κ2) is 4.10. The molecule has 1 heterocycles. The molecule has 0 bridgehead atoms. The average Bonchev–Trinajstić information content (AvgIpc) is 2.96. The minimum absolute atomic E-state index is 0.576. The van der Waals surface area contributed by atoms with Crippen LogP contribution in [0.15, 0.2) is 18.2 Å². The van der Waals surface area contributed by atoms with Crippen molar-refractivity contribution < 1.29 is 4.74 Å². The molecule has 2 aliphatic rings. The van der Waals surface area contributed by atoms with E-state index < -0.39 is 0 Å². The second-order valence-corrected chi connectivity index (χ2v) is 4.93. The Balaban J connectivity index is 1.93. The summed E-state index contributed by atoms with van der Waals surface area (Å²) in [7, 11) is 1.76. The van der Waals surface area contributed by atoms with Crippen molar-refractivity contribution in [1.82, 2.24) is 5.32 Å². The molecule has 3 rings (SSSR count). The van der Waals surface area contributed by atoms with E-state index in [1.807, 2.05) is 0 Å². The topological polar surface area (TPSA) is 21.3 Å². The lowest BCUT2D eigenvalue weighted by atomic mass is 9.92. The van der Waals surface area contributed by atoms with Crippen LogP contribution in [0.25, 0.3) is 0 Å². The Morgan fingerprint density at radius 1 is 1.25 bits per heavy atom. The molecule has 1 fully saturated rings. The van der Waals surface area contributed by atoms with Gasteiger partial charge in [-0.05, 0) is 30.4 Å². The summed E-state index contributed by atoms with van der Waals surface area (Å²) in [5.41, 5.74) is 2.85. The lowest BCUT2D eigenvalue weighted by molar-refractivity contribution is 0.390. The van der Waals surface area contributed by atoms with Crippen LogP contribution in [0.3, 0.4) is 0 Å². The first kappa shape index (κ1) is 10.2. The standard InChI is InChI=1S/C14H19NO/c1-16-13-8-4-7-11-12(13)9-15-14(11)10-5-2-3-6-10/h4,7-8,10,14-15H,2-3,5-6,9H2,1H3. The first-order chi connectivity index (χ1) is 7.90. The third-order valence-electron chi connectivity index (χ3n) is 4.09. The van der Waals surface area contributed by atoms with Gasteiger partial charge in [0.25, 0.3) is 0 Å². The van der Waals surface area contributed by atoms with Gasteiger partial charge in [0.05, 0.1) is 7.11 Å². The number of hydrogen-bond acceptors (Lipinski definition) is 2. The van der Waals surface area contributed by atoms with Gasteiger partial charge in [0.2, 0.25) is 0 Å². The molecule has 16 heavy (non-hydrogen) atoms. The fourth-order valence-electron chi connectivity index (χ4n) is 3.29. The number of methoxy groups -OCH3 is 1. The van der Waals surface area contributed by atoms with Gasteiger partial charge in [0.15, 0.2) is 0 Å². The quantitative estimate of drug-likeness (QED) is 0.822. The van der Waals surface area contributed by atoms with Crippen molar-refractivity contribution in [2.24, 2.45) is 5.92 Å². The normalized spacial score (nSPS) is 24.7. The van der Waals surface area contributed by atoms with Crippen molar-refractivity contribution in [3.63, 3.8) is 0 Å². The monoisotopic (exact) mass is 217 g/mol. The van der Waals surface area contributed by atoms with E-state index in [9.17, 15) is 0 Å². The van der Waals surface area contributed by atoms with Crippen molar-refractivity contribution in [3.05, 3.63) is 29.3 Å². The number of benzene rings is 1. The zero-order valence-corrected chi connectivity index (χ0v) is 9.83. The fourth-order valence-corrected chi connectivity index (χ4v) is 3.29. The highest BCUT2D eigenvalue weighted by atomic mass is 16.5. The Bertz CT molecular complexity index is 382. The molecule has 2 nitrogen and oxygen atoms in total. The first-order valence-electron chi connectivity index (χ1n) is 6.29. The number of nitrogens with one attached hydrogen (secondary N) is 1. The molecule has 1 aromatic carbocycles. The Morgan fingerprint density at radius 3 is 2.81 bits per heavy atom. The fraction of sp³-hybridized carbons (Fsp3) is 0.571. The molecule has 1 aromatic rings. The molecule has 1 unspecified atom stereocenters. The molecule has 2 heteroatoms. The summed E-state index contributed by atoms with van der Waals surface area (Å²) < 4.78 is 5.43. The molecule has 0 aromatic heterocycles. The minimum atomic E-state index is 0.576. The van der Waals surface area contributed by atoms with Crippen LogP contribution >= 0.6 is 0 Å². The molecular weight excluding hydrogens is 198 g/mol. The highest BCUT2D eigenvalue weighted by molar-refractivity contribution is 5.44. The largest absolute Gasteiger partial charge is 0.496 e. The summed E-state index contributed by atoms with van der Waals surface area (Å²) in [6.07, 6.45) is 5.58. The highest BCUT2D eigenvalue weighted by Crippen LogP contribution is 2.42. The number of hydrogen-bond donors (Lipinski definition) is 1. The van der Waals surface area contributed by atoms with Crippen LogP contribution < -0.4 is 10.1 Å². The van der Waals surface area contributed by atoms with Crippen LogP contribution in [0.5, 0.6) is 5.75 Å². The first-order valence-corrected chi connectivity index (χ1v) is 6.29. The summed E-state index contributed by atoms with van der Waals surface area (Å²) in [5, 5.41) is 3.66. The maximum absolute atomic E-state index is 5.43. The van der Waals surface area contributed by atoms with Crippen LogP contribution in [0.1, 0.15) is 42.9 Å². The minimum Gasteiger partial charge on any atom is -0.496 e. The summed E-state index contributed by atoms with van der Waals surface area (Å²) in [6.45, 7) is 0.973. The van der Waals surface area contributed by atoms with E-state index >= 15 is 0 Å². The van der Waals surface area contributed by atoms with E-state index in [1.54, 1.807) is 7.11 Å². The molecule has 0 radical (unpaired) electrons. The van der Waals surface area contributed by atoms with Gasteiger partial charge in [-0.3, -0.25) is 0 Å². The van der Waals surface area contributed by atoms with Gasteiger partial charge in [-0.25, -0.2) is 0 Å². The third kappa shape index (κ3) is 1.52. The van der Waals surface area contributed by atoms with Gasteiger partial charge in [-0.15, -0.1) is 0 Å². The molecule has 86 valence electrons. The summed E-state index contributed by atoms with van der Waals surface area (Å²) in [4.78, 5) is 0. The van der Waals surface area contributed by atoms with Gasteiger partial charge >= 0.3 is 0 Å². The smallest absolute Gasteiger partial charge is 0.123 e. The van der Waals surface area contributed by atoms with Gasteiger partial charge in [-0.1, -0.05) is 25.0 Å². The van der Waals surface area contributed by atoms with Crippen molar-refractivity contribution in [1.29, 1.82) is 0 Å². The summed E-state index contributed by atoms with van der Waals surface area (Å²) in [6, 6.07) is 7.03. The van der Waals surface area contributed by atoms with E-state index in [0.29, 0.717) is 6.04 Å². The molecule has 1 aliphatic carbocycles. The Hall–Kier alpha value is -1.02. The van der Waals surface area contributed by atoms with Gasteiger partial charge in [0.1, 0.15) is 5.75 Å². The van der Waals surface area contributed by atoms with Crippen LogP contribution in [0, 0.1) is 5.92 Å². The number of rotatable bonds is 2. The maximum atomic E-state index is 5.43. The molecule has 1 atom stereocenters. The van der Waals surface area contributed by atoms with Crippen molar-refractivity contribution in [2.45, 2.75) is 38.3 Å². The van der Waals surface area contributed by atoms with Gasteiger partial charge < -0.3 is 10.1 Å². The van der Waals surface area contributed by atoms with Gasteiger partial charge in [-0.2, -0.15) is 0 Å². The van der Waals surface area contributed by atoms with E-state index in [0.717, 1.165) is 18.2 Å². The van der Waals surface area contributed by atoms with Crippen molar-refractivity contribution in [2.75, 3.05) is 7.11 Å². The number of fused-ring (bicyclic) bond motifs is 1. The van der Waals surface area contributed by atoms with Crippen LogP contribution in [0.2, 0.25) is 0 Å². The Labute approximate surface area is 97.0 Å². The van der Waals surface area contributed by atoms with Crippen LogP contribution in [0.4, 0.5) is 0 Å². The van der Waals surface area contributed by atoms with Crippen molar-refractivity contribution in [3.8, 4) is 5.75 Å². The second-order valence-electron chi connectivity index (χ2n) is 4.93. The Kier molecular flexibility index (Phi) is 2.60. The molecule has 1 saturated carbocycles. The molecule has 1 N–H and O–H groups in total. The zero-order valence-electron chi connectivity index (χ0n) is 9.83. The summed E-state index contributed by atoms with van der Waals surface area (Å²) >= 11 is 0. The molecular formula is C14H19NO. The average molecular weight is 217 g/mol. The predicted octanol–water partition coefficient (Wildman–Crippen LogP) is 3.03. The molecule has 1 aliphatic heterocycles. The molecule has 0 spiro atoms. The lowest BCUT2D eigenvalue weighted by Crippen LogP contribution is -2.19. The van der Waals surface area contributed by atoms with Crippen LogP contribution in [-0.2, 0) is 6.54 Å². The highest BCUT2D eigenvalue weighted by Gasteiger charge is 2.32. The van der Waals surface area contributed by atoms with Crippen molar-refractivity contribution >= 4 is 0 Å². The summed E-state index contributed by atoms with van der Waals surface area (Å²) in [5.74, 6) is 1.89. The van der Waals surface area contributed by atoms with Gasteiger partial charge in [0, 0.05) is 18.2 Å². The lowest BCUT2D eigenvalue weighted by Gasteiger charge is -2.19. The Morgan fingerprint density at radius 2 is 2.06 bits per heavy atom. The molecule has 0 amide bonds. The SMILES string of the molecule is COc1cccc2c1CNC2C1CCCC1. The van der Waals surface area contributed by atoms with E-state index in [2.05, 4.69) is 23.5 Å². The molecule has 0 saturated heterocycles. The van der Waals surface area contributed by atoms with E-state index in [-0.39, 0.29) is 0 Å². The third-order valence-corrected chi connectivity index (χ3v) is 4.09. The van der Waals surface area contributed by atoms with E-state index in [4.69, 9.17) is 4.74 Å². The maximum Gasteiger partial charge on any atom is 0.123 e. The number of ether oxygens (including phenoxy) is 1. The predicted molar refractivity (Wildman–Crippen MR) is 64.5 cm³/mol. The van der Waals surface area contributed by atoms with Crippen LogP contribution in [-0.4, -0.2) is 7.11 Å².